The van der Waals surface area contributed by atoms with E-state index in [1.54, 1.807) is 7.11 Å². The number of terminal acetylenes is 1. The van der Waals surface area contributed by atoms with Crippen molar-refractivity contribution in [2.75, 3.05) is 43.9 Å². The Bertz CT molecular complexity index is 1240. The number of urea groups is 1. The van der Waals surface area contributed by atoms with Crippen molar-refractivity contribution in [3.05, 3.63) is 48.3 Å². The van der Waals surface area contributed by atoms with E-state index in [-0.39, 0.29) is 6.03 Å². The molecule has 168 valence electrons. The van der Waals surface area contributed by atoms with E-state index in [0.717, 1.165) is 49.2 Å². The minimum absolute atomic E-state index is 0.118. The fourth-order valence-corrected chi connectivity index (χ4v) is 4.64. The van der Waals surface area contributed by atoms with Gasteiger partial charge in [0.2, 0.25) is 0 Å². The standard InChI is InChI=1S/C25H26N6O2/c1-3-17-6-4-7-18(12-17)28-24-20-13-22(23(33-2)14-21(20)26-16-27-24)29-25(32)31-11-10-30-9-5-8-19(30)15-31/h1,4,6-7,12-14,16,19H,5,8-11,15H2,2H3,(H,29,32)(H,26,27,28). The molecule has 2 aliphatic heterocycles. The summed E-state index contributed by atoms with van der Waals surface area (Å²) in [6, 6.07) is 11.6. The first kappa shape index (κ1) is 21.0. The summed E-state index contributed by atoms with van der Waals surface area (Å²) >= 11 is 0. The lowest BCUT2D eigenvalue weighted by Crippen LogP contribution is -2.53. The lowest BCUT2D eigenvalue weighted by atomic mass is 10.1. The molecular formula is C25H26N6O2. The second-order valence-electron chi connectivity index (χ2n) is 8.35. The molecule has 2 N–H and O–H groups in total. The van der Waals surface area contributed by atoms with Crippen LogP contribution in [0.25, 0.3) is 10.9 Å². The number of carbonyl (C=O) groups excluding carboxylic acids is 1. The predicted molar refractivity (Wildman–Crippen MR) is 129 cm³/mol. The lowest BCUT2D eigenvalue weighted by Gasteiger charge is -2.37. The zero-order chi connectivity index (χ0) is 22.8. The van der Waals surface area contributed by atoms with Gasteiger partial charge in [-0.1, -0.05) is 12.0 Å². The van der Waals surface area contributed by atoms with Gasteiger partial charge >= 0.3 is 6.03 Å². The van der Waals surface area contributed by atoms with Crippen LogP contribution in [-0.2, 0) is 0 Å². The number of benzene rings is 2. The van der Waals surface area contributed by atoms with Crippen LogP contribution in [0.15, 0.2) is 42.7 Å². The third-order valence-electron chi connectivity index (χ3n) is 6.36. The van der Waals surface area contributed by atoms with Crippen molar-refractivity contribution in [2.24, 2.45) is 0 Å². The number of nitrogens with zero attached hydrogens (tertiary/aromatic N) is 4. The van der Waals surface area contributed by atoms with Crippen LogP contribution in [0.3, 0.4) is 0 Å². The largest absolute Gasteiger partial charge is 0.494 e. The van der Waals surface area contributed by atoms with Gasteiger partial charge in [0.05, 0.1) is 18.3 Å². The topological polar surface area (TPSA) is 82.6 Å². The van der Waals surface area contributed by atoms with Crippen LogP contribution in [0.1, 0.15) is 18.4 Å². The second-order valence-corrected chi connectivity index (χ2v) is 8.35. The molecule has 3 heterocycles. The molecule has 0 radical (unpaired) electrons. The summed E-state index contributed by atoms with van der Waals surface area (Å²) in [5, 5.41) is 7.12. The van der Waals surface area contributed by atoms with Crippen LogP contribution in [0, 0.1) is 12.3 Å². The third kappa shape index (κ3) is 4.28. The van der Waals surface area contributed by atoms with Crippen LogP contribution < -0.4 is 15.4 Å². The average molecular weight is 443 g/mol. The maximum atomic E-state index is 13.1. The molecule has 0 spiro atoms. The molecule has 33 heavy (non-hydrogen) atoms. The summed E-state index contributed by atoms with van der Waals surface area (Å²) in [6.07, 6.45) is 9.38. The zero-order valence-electron chi connectivity index (χ0n) is 18.5. The number of carbonyl (C=O) groups is 1. The number of piperazine rings is 1. The van der Waals surface area contributed by atoms with Crippen molar-refractivity contribution in [2.45, 2.75) is 18.9 Å². The number of methoxy groups -OCH3 is 1. The molecule has 0 bridgehead atoms. The van der Waals surface area contributed by atoms with Crippen molar-refractivity contribution >= 4 is 34.1 Å². The summed E-state index contributed by atoms with van der Waals surface area (Å²) in [5.41, 5.74) is 2.88. The molecule has 1 aromatic heterocycles. The van der Waals surface area contributed by atoms with Gasteiger partial charge in [0, 0.05) is 48.4 Å². The van der Waals surface area contributed by atoms with Gasteiger partial charge < -0.3 is 20.3 Å². The quantitative estimate of drug-likeness (QED) is 0.600. The average Bonchev–Trinajstić information content (AvgIpc) is 3.32. The minimum Gasteiger partial charge on any atom is -0.494 e. The predicted octanol–water partition coefficient (Wildman–Crippen LogP) is 3.68. The van der Waals surface area contributed by atoms with E-state index < -0.39 is 0 Å². The van der Waals surface area contributed by atoms with Crippen molar-refractivity contribution in [1.29, 1.82) is 0 Å². The van der Waals surface area contributed by atoms with E-state index in [4.69, 9.17) is 11.2 Å². The van der Waals surface area contributed by atoms with Gasteiger partial charge in [-0.3, -0.25) is 4.90 Å². The van der Waals surface area contributed by atoms with E-state index in [9.17, 15) is 4.79 Å². The number of rotatable bonds is 4. The summed E-state index contributed by atoms with van der Waals surface area (Å²) in [5.74, 6) is 3.80. The Morgan fingerprint density at radius 3 is 2.97 bits per heavy atom. The normalized spacial score (nSPS) is 17.9. The Hall–Kier alpha value is -3.83. The first-order valence-electron chi connectivity index (χ1n) is 11.1. The van der Waals surface area contributed by atoms with Gasteiger partial charge in [-0.05, 0) is 43.7 Å². The van der Waals surface area contributed by atoms with Gasteiger partial charge in [-0.15, -0.1) is 6.42 Å². The fraction of sp³-hybridized carbons (Fsp3) is 0.320. The molecule has 2 aliphatic rings. The lowest BCUT2D eigenvalue weighted by molar-refractivity contribution is 0.124. The highest BCUT2D eigenvalue weighted by atomic mass is 16.5. The van der Waals surface area contributed by atoms with E-state index in [0.29, 0.717) is 28.8 Å². The van der Waals surface area contributed by atoms with Crippen LogP contribution >= 0.6 is 0 Å². The van der Waals surface area contributed by atoms with Crippen LogP contribution in [0.2, 0.25) is 0 Å². The van der Waals surface area contributed by atoms with Gasteiger partial charge in [0.25, 0.3) is 0 Å². The maximum Gasteiger partial charge on any atom is 0.322 e. The van der Waals surface area contributed by atoms with Crippen LogP contribution in [0.5, 0.6) is 5.75 Å². The Morgan fingerprint density at radius 1 is 1.21 bits per heavy atom. The third-order valence-corrected chi connectivity index (χ3v) is 6.36. The van der Waals surface area contributed by atoms with Gasteiger partial charge in [0.15, 0.2) is 0 Å². The number of ether oxygens (including phenoxy) is 1. The molecule has 8 nitrogen and oxygen atoms in total. The van der Waals surface area contributed by atoms with Crippen molar-refractivity contribution in [1.82, 2.24) is 19.8 Å². The molecule has 3 aromatic rings. The van der Waals surface area contributed by atoms with Crippen LogP contribution in [-0.4, -0.2) is 65.1 Å². The highest BCUT2D eigenvalue weighted by molar-refractivity contribution is 5.99. The Balaban J connectivity index is 1.42. The monoisotopic (exact) mass is 442 g/mol. The minimum atomic E-state index is -0.118. The maximum absolute atomic E-state index is 13.1. The highest BCUT2D eigenvalue weighted by Crippen LogP contribution is 2.33. The molecule has 2 fully saturated rings. The SMILES string of the molecule is C#Cc1cccc(Nc2ncnc3cc(OC)c(NC(=O)N4CCN5CCCC5C4)cc23)c1. The number of fused-ring (bicyclic) bond motifs is 2. The zero-order valence-corrected chi connectivity index (χ0v) is 18.5. The second kappa shape index (κ2) is 8.96. The van der Waals surface area contributed by atoms with Crippen molar-refractivity contribution in [3.8, 4) is 18.1 Å². The molecular weight excluding hydrogens is 416 g/mol. The van der Waals surface area contributed by atoms with E-state index >= 15 is 0 Å². The molecule has 2 amide bonds. The Morgan fingerprint density at radius 2 is 2.12 bits per heavy atom. The summed E-state index contributed by atoms with van der Waals surface area (Å²) in [7, 11) is 1.58. The molecule has 1 unspecified atom stereocenters. The number of anilines is 3. The molecule has 2 saturated heterocycles. The first-order chi connectivity index (χ1) is 16.1. The van der Waals surface area contributed by atoms with E-state index in [1.807, 2.05) is 41.3 Å². The van der Waals surface area contributed by atoms with Crippen molar-refractivity contribution in [3.63, 3.8) is 0 Å². The van der Waals surface area contributed by atoms with Crippen molar-refractivity contribution < 1.29 is 9.53 Å². The number of hydrogen-bond acceptors (Lipinski definition) is 6. The van der Waals surface area contributed by atoms with E-state index in [1.165, 1.54) is 12.7 Å². The first-order valence-corrected chi connectivity index (χ1v) is 11.1. The molecule has 8 heteroatoms. The molecule has 5 rings (SSSR count). The summed E-state index contributed by atoms with van der Waals surface area (Å²) < 4.78 is 5.56. The van der Waals surface area contributed by atoms with Gasteiger partial charge in [-0.25, -0.2) is 14.8 Å². The van der Waals surface area contributed by atoms with Gasteiger partial charge in [0.1, 0.15) is 17.9 Å². The van der Waals surface area contributed by atoms with Gasteiger partial charge in [-0.2, -0.15) is 0 Å². The number of aromatic nitrogens is 2. The highest BCUT2D eigenvalue weighted by Gasteiger charge is 2.32. The number of nitrogens with one attached hydrogen (secondary N) is 2. The molecule has 0 saturated carbocycles. The van der Waals surface area contributed by atoms with Crippen LogP contribution in [0.4, 0.5) is 22.0 Å². The molecule has 0 aliphatic carbocycles. The molecule has 1 atom stereocenters. The van der Waals surface area contributed by atoms with E-state index in [2.05, 4.69) is 31.4 Å². The molecule has 2 aromatic carbocycles. The Kier molecular flexibility index (Phi) is 5.71. The smallest absolute Gasteiger partial charge is 0.322 e. The fourth-order valence-electron chi connectivity index (χ4n) is 4.64. The number of amides is 2. The number of hydrogen-bond donors (Lipinski definition) is 2. The summed E-state index contributed by atoms with van der Waals surface area (Å²) in [4.78, 5) is 26.2. The Labute approximate surface area is 193 Å². The summed E-state index contributed by atoms with van der Waals surface area (Å²) in [6.45, 7) is 3.53.